The maximum atomic E-state index is 9.14. The number of thiophene rings is 1. The minimum absolute atomic E-state index is 0.0411. The molecule has 0 radical (unpaired) electrons. The second-order valence-corrected chi connectivity index (χ2v) is 6.19. The zero-order valence-corrected chi connectivity index (χ0v) is 10.8. The van der Waals surface area contributed by atoms with Crippen LogP contribution in [0.2, 0.25) is 0 Å². The van der Waals surface area contributed by atoms with Gasteiger partial charge < -0.3 is 10.4 Å². The van der Waals surface area contributed by atoms with Gasteiger partial charge in [0.1, 0.15) is 0 Å². The second-order valence-electron chi connectivity index (χ2n) is 4.87. The van der Waals surface area contributed by atoms with Crippen molar-refractivity contribution in [1.29, 1.82) is 0 Å². The van der Waals surface area contributed by atoms with Crippen LogP contribution < -0.4 is 5.32 Å². The number of nitrogens with one attached hydrogen (secondary N) is 1. The fraction of sp³-hybridized carbons (Fsp3) is 0.667. The summed E-state index contributed by atoms with van der Waals surface area (Å²) in [5, 5.41) is 12.6. The molecule has 1 rings (SSSR count). The van der Waals surface area contributed by atoms with E-state index in [2.05, 4.69) is 45.1 Å². The Hall–Kier alpha value is -0.380. The Labute approximate surface area is 96.3 Å². The lowest BCUT2D eigenvalue weighted by molar-refractivity contribution is 0.154. The molecular weight excluding hydrogens is 206 g/mol. The quantitative estimate of drug-likeness (QED) is 0.810. The van der Waals surface area contributed by atoms with Crippen molar-refractivity contribution in [3.63, 3.8) is 0 Å². The van der Waals surface area contributed by atoms with E-state index in [0.29, 0.717) is 6.04 Å². The molecule has 0 spiro atoms. The molecule has 0 aliphatic heterocycles. The maximum Gasteiger partial charge on any atom is 0.0494 e. The number of aliphatic hydroxyl groups is 1. The van der Waals surface area contributed by atoms with Crippen LogP contribution in [0, 0.1) is 12.3 Å². The molecule has 3 heteroatoms. The van der Waals surface area contributed by atoms with Gasteiger partial charge in [0.05, 0.1) is 0 Å². The van der Waals surface area contributed by atoms with E-state index in [1.54, 1.807) is 0 Å². The highest BCUT2D eigenvalue weighted by Gasteiger charge is 2.17. The predicted octanol–water partition coefficient (Wildman–Crippen LogP) is 2.73. The van der Waals surface area contributed by atoms with Crippen LogP contribution in [0.4, 0.5) is 0 Å². The molecule has 0 bridgehead atoms. The van der Waals surface area contributed by atoms with E-state index in [9.17, 15) is 0 Å². The Balaban J connectivity index is 2.46. The van der Waals surface area contributed by atoms with Crippen molar-refractivity contribution in [1.82, 2.24) is 5.32 Å². The van der Waals surface area contributed by atoms with Gasteiger partial charge in [-0.15, -0.1) is 11.3 Å². The first kappa shape index (κ1) is 12.7. The van der Waals surface area contributed by atoms with E-state index in [0.717, 1.165) is 6.54 Å². The Morgan fingerprint density at radius 3 is 2.60 bits per heavy atom. The molecule has 0 aliphatic carbocycles. The topological polar surface area (TPSA) is 32.3 Å². The van der Waals surface area contributed by atoms with Crippen molar-refractivity contribution < 1.29 is 5.11 Å². The van der Waals surface area contributed by atoms with E-state index in [-0.39, 0.29) is 12.0 Å². The molecule has 0 fully saturated rings. The van der Waals surface area contributed by atoms with Crippen molar-refractivity contribution in [2.45, 2.75) is 33.7 Å². The lowest BCUT2D eigenvalue weighted by Crippen LogP contribution is -2.33. The zero-order valence-electron chi connectivity index (χ0n) is 10.0. The third kappa shape index (κ3) is 3.93. The van der Waals surface area contributed by atoms with Crippen LogP contribution in [0.5, 0.6) is 0 Å². The highest BCUT2D eigenvalue weighted by atomic mass is 32.1. The number of hydrogen-bond acceptors (Lipinski definition) is 3. The third-order valence-corrected chi connectivity index (χ3v) is 3.69. The molecule has 2 nitrogen and oxygen atoms in total. The number of hydrogen-bond donors (Lipinski definition) is 2. The van der Waals surface area contributed by atoms with Gasteiger partial charge >= 0.3 is 0 Å². The molecule has 1 aromatic rings. The van der Waals surface area contributed by atoms with Crippen LogP contribution in [0.25, 0.3) is 0 Å². The molecule has 86 valence electrons. The van der Waals surface area contributed by atoms with Gasteiger partial charge in [0.2, 0.25) is 0 Å². The summed E-state index contributed by atoms with van der Waals surface area (Å²) >= 11 is 1.83. The summed E-state index contributed by atoms with van der Waals surface area (Å²) in [6.07, 6.45) is 0. The normalized spacial score (nSPS) is 14.2. The number of aliphatic hydroxyl groups excluding tert-OH is 1. The van der Waals surface area contributed by atoms with E-state index in [1.165, 1.54) is 9.75 Å². The minimum Gasteiger partial charge on any atom is -0.396 e. The number of rotatable bonds is 5. The lowest BCUT2D eigenvalue weighted by Gasteiger charge is -2.24. The Kier molecular flexibility index (Phi) is 4.32. The highest BCUT2D eigenvalue weighted by molar-refractivity contribution is 7.12. The van der Waals surface area contributed by atoms with Crippen molar-refractivity contribution in [2.24, 2.45) is 5.41 Å². The lowest BCUT2D eigenvalue weighted by atomic mass is 9.94. The Morgan fingerprint density at radius 1 is 1.47 bits per heavy atom. The third-order valence-electron chi connectivity index (χ3n) is 2.50. The van der Waals surface area contributed by atoms with Crippen LogP contribution in [0.15, 0.2) is 12.1 Å². The van der Waals surface area contributed by atoms with Gasteiger partial charge in [-0.3, -0.25) is 0 Å². The van der Waals surface area contributed by atoms with Crippen molar-refractivity contribution >= 4 is 11.3 Å². The van der Waals surface area contributed by atoms with Gasteiger partial charge in [-0.2, -0.15) is 0 Å². The first-order valence-corrected chi connectivity index (χ1v) is 6.17. The van der Waals surface area contributed by atoms with Crippen LogP contribution >= 0.6 is 11.3 Å². The molecule has 0 amide bonds. The van der Waals surface area contributed by atoms with E-state index in [1.807, 2.05) is 11.3 Å². The summed E-state index contributed by atoms with van der Waals surface area (Å²) in [5.74, 6) is 0. The average Bonchev–Trinajstić information content (AvgIpc) is 2.61. The van der Waals surface area contributed by atoms with Crippen LogP contribution in [0.1, 0.15) is 36.6 Å². The molecule has 1 unspecified atom stereocenters. The van der Waals surface area contributed by atoms with Crippen molar-refractivity contribution in [3.8, 4) is 0 Å². The summed E-state index contributed by atoms with van der Waals surface area (Å²) in [4.78, 5) is 2.71. The molecule has 2 N–H and O–H groups in total. The van der Waals surface area contributed by atoms with E-state index < -0.39 is 0 Å². The predicted molar refractivity (Wildman–Crippen MR) is 66.3 cm³/mol. The molecule has 0 saturated carbocycles. The average molecular weight is 227 g/mol. The van der Waals surface area contributed by atoms with Gasteiger partial charge in [-0.05, 0) is 26.0 Å². The zero-order chi connectivity index (χ0) is 11.5. The second kappa shape index (κ2) is 5.10. The summed E-state index contributed by atoms with van der Waals surface area (Å²) in [7, 11) is 0. The summed E-state index contributed by atoms with van der Waals surface area (Å²) in [5.41, 5.74) is -0.0411. The van der Waals surface area contributed by atoms with Crippen molar-refractivity contribution in [2.75, 3.05) is 13.2 Å². The molecule has 1 atom stereocenters. The number of aryl methyl sites for hydroxylation is 1. The van der Waals surface area contributed by atoms with Gasteiger partial charge in [0.15, 0.2) is 0 Å². The summed E-state index contributed by atoms with van der Waals surface area (Å²) in [6, 6.07) is 4.69. The first-order valence-electron chi connectivity index (χ1n) is 5.35. The van der Waals surface area contributed by atoms with Gasteiger partial charge in [0, 0.05) is 34.4 Å². The molecule has 15 heavy (non-hydrogen) atoms. The summed E-state index contributed by atoms with van der Waals surface area (Å²) in [6.45, 7) is 9.47. The minimum atomic E-state index is -0.0411. The van der Waals surface area contributed by atoms with E-state index >= 15 is 0 Å². The fourth-order valence-electron chi connectivity index (χ4n) is 1.27. The Bertz CT molecular complexity index is 306. The van der Waals surface area contributed by atoms with Crippen LogP contribution in [0.3, 0.4) is 0 Å². The fourth-order valence-corrected chi connectivity index (χ4v) is 2.18. The molecule has 0 aromatic carbocycles. The van der Waals surface area contributed by atoms with Crippen LogP contribution in [-0.2, 0) is 0 Å². The molecule has 1 heterocycles. The SMILES string of the molecule is Cc1ccc(C(C)NCC(C)(C)CO)s1. The van der Waals surface area contributed by atoms with Gasteiger partial charge in [0.25, 0.3) is 0 Å². The maximum absolute atomic E-state index is 9.14. The summed E-state index contributed by atoms with van der Waals surface area (Å²) < 4.78 is 0. The smallest absolute Gasteiger partial charge is 0.0494 e. The van der Waals surface area contributed by atoms with Gasteiger partial charge in [-0.25, -0.2) is 0 Å². The first-order chi connectivity index (χ1) is 6.94. The Morgan fingerprint density at radius 2 is 2.13 bits per heavy atom. The van der Waals surface area contributed by atoms with Crippen LogP contribution in [-0.4, -0.2) is 18.3 Å². The highest BCUT2D eigenvalue weighted by Crippen LogP contribution is 2.23. The monoisotopic (exact) mass is 227 g/mol. The standard InChI is InChI=1S/C12H21NOS/c1-9-5-6-11(15-9)10(2)13-7-12(3,4)8-14/h5-6,10,13-14H,7-8H2,1-4H3. The van der Waals surface area contributed by atoms with Gasteiger partial charge in [-0.1, -0.05) is 13.8 Å². The van der Waals surface area contributed by atoms with Crippen molar-refractivity contribution in [3.05, 3.63) is 21.9 Å². The molecule has 0 saturated heterocycles. The largest absolute Gasteiger partial charge is 0.396 e. The molecular formula is C12H21NOS. The molecule has 1 aromatic heterocycles. The van der Waals surface area contributed by atoms with E-state index in [4.69, 9.17) is 5.11 Å². The molecule has 0 aliphatic rings.